The van der Waals surface area contributed by atoms with Gasteiger partial charge < -0.3 is 5.11 Å². The zero-order valence-corrected chi connectivity index (χ0v) is 11.9. The highest BCUT2D eigenvalue weighted by Gasteiger charge is 2.36. The summed E-state index contributed by atoms with van der Waals surface area (Å²) in [4.78, 5) is 0. The first-order valence-corrected chi connectivity index (χ1v) is 7.25. The van der Waals surface area contributed by atoms with Crippen molar-refractivity contribution < 1.29 is 5.11 Å². The Morgan fingerprint density at radius 1 is 1.06 bits per heavy atom. The van der Waals surface area contributed by atoms with E-state index in [2.05, 4.69) is 45.0 Å². The Hall–Kier alpha value is -0.820. The van der Waals surface area contributed by atoms with Crippen molar-refractivity contribution in [1.82, 2.24) is 0 Å². The summed E-state index contributed by atoms with van der Waals surface area (Å²) in [6.45, 7) is 6.67. The van der Waals surface area contributed by atoms with Crippen molar-refractivity contribution in [3.8, 4) is 0 Å². The van der Waals surface area contributed by atoms with Crippen molar-refractivity contribution in [3.63, 3.8) is 0 Å². The van der Waals surface area contributed by atoms with E-state index in [1.54, 1.807) is 0 Å². The third-order valence-corrected chi connectivity index (χ3v) is 4.76. The molecule has 1 unspecified atom stereocenters. The highest BCUT2D eigenvalue weighted by Crippen LogP contribution is 2.38. The first-order chi connectivity index (χ1) is 8.51. The molecule has 18 heavy (non-hydrogen) atoms. The monoisotopic (exact) mass is 246 g/mol. The van der Waals surface area contributed by atoms with Crippen LogP contribution in [0.5, 0.6) is 0 Å². The van der Waals surface area contributed by atoms with E-state index in [1.165, 1.54) is 31.2 Å². The van der Waals surface area contributed by atoms with Crippen molar-refractivity contribution in [2.75, 3.05) is 0 Å². The Labute approximate surface area is 111 Å². The minimum atomic E-state index is -0.229. The summed E-state index contributed by atoms with van der Waals surface area (Å²) in [5, 5.41) is 10.7. The average molecular weight is 246 g/mol. The van der Waals surface area contributed by atoms with Gasteiger partial charge >= 0.3 is 0 Å². The molecule has 0 spiro atoms. The largest absolute Gasteiger partial charge is 0.392 e. The number of rotatable bonds is 3. The van der Waals surface area contributed by atoms with Crippen LogP contribution in [0.2, 0.25) is 0 Å². The van der Waals surface area contributed by atoms with E-state index in [0.717, 1.165) is 5.92 Å². The van der Waals surface area contributed by atoms with Crippen LogP contribution in [-0.2, 0) is 5.41 Å². The SMILES string of the molecule is CC1CCC(C(O)C(C)(C)c2ccccc2)CC1. The van der Waals surface area contributed by atoms with Gasteiger partial charge in [0.2, 0.25) is 0 Å². The van der Waals surface area contributed by atoms with Gasteiger partial charge in [-0.1, -0.05) is 63.9 Å². The lowest BCUT2D eigenvalue weighted by Gasteiger charge is -2.39. The fourth-order valence-corrected chi connectivity index (χ4v) is 3.23. The van der Waals surface area contributed by atoms with E-state index in [1.807, 2.05) is 6.07 Å². The van der Waals surface area contributed by atoms with Crippen LogP contribution >= 0.6 is 0 Å². The van der Waals surface area contributed by atoms with Crippen LogP contribution in [0.4, 0.5) is 0 Å². The highest BCUT2D eigenvalue weighted by molar-refractivity contribution is 5.25. The second-order valence-electron chi connectivity index (χ2n) is 6.55. The summed E-state index contributed by atoms with van der Waals surface area (Å²) in [6.07, 6.45) is 4.67. The second kappa shape index (κ2) is 5.44. The average Bonchev–Trinajstić information content (AvgIpc) is 2.40. The van der Waals surface area contributed by atoms with Crippen LogP contribution in [0.15, 0.2) is 30.3 Å². The van der Waals surface area contributed by atoms with Gasteiger partial charge in [-0.2, -0.15) is 0 Å². The predicted molar refractivity (Wildman–Crippen MR) is 76.6 cm³/mol. The van der Waals surface area contributed by atoms with Crippen molar-refractivity contribution in [1.29, 1.82) is 0 Å². The maximum Gasteiger partial charge on any atom is 0.0659 e. The lowest BCUT2D eigenvalue weighted by Crippen LogP contribution is -2.40. The summed E-state index contributed by atoms with van der Waals surface area (Å²) in [6, 6.07) is 10.4. The quantitative estimate of drug-likeness (QED) is 0.849. The Balaban J connectivity index is 2.10. The smallest absolute Gasteiger partial charge is 0.0659 e. The van der Waals surface area contributed by atoms with Gasteiger partial charge in [0.1, 0.15) is 0 Å². The van der Waals surface area contributed by atoms with Crippen LogP contribution in [-0.4, -0.2) is 11.2 Å². The minimum absolute atomic E-state index is 0.146. The fourth-order valence-electron chi connectivity index (χ4n) is 3.23. The summed E-state index contributed by atoms with van der Waals surface area (Å²) < 4.78 is 0. The van der Waals surface area contributed by atoms with Crippen LogP contribution in [0.25, 0.3) is 0 Å². The molecule has 0 aromatic heterocycles. The fraction of sp³-hybridized carbons (Fsp3) is 0.647. The van der Waals surface area contributed by atoms with Crippen molar-refractivity contribution in [3.05, 3.63) is 35.9 Å². The zero-order chi connectivity index (χ0) is 13.2. The molecular formula is C17H26O. The van der Waals surface area contributed by atoms with Crippen LogP contribution < -0.4 is 0 Å². The Morgan fingerprint density at radius 2 is 1.61 bits per heavy atom. The van der Waals surface area contributed by atoms with E-state index in [-0.39, 0.29) is 11.5 Å². The summed E-state index contributed by atoms with van der Waals surface area (Å²) >= 11 is 0. The molecule has 1 aliphatic carbocycles. The van der Waals surface area contributed by atoms with Gasteiger partial charge in [0.05, 0.1) is 6.10 Å². The third-order valence-electron chi connectivity index (χ3n) is 4.76. The normalized spacial score (nSPS) is 26.9. The van der Waals surface area contributed by atoms with Gasteiger partial charge in [0.15, 0.2) is 0 Å². The van der Waals surface area contributed by atoms with E-state index >= 15 is 0 Å². The van der Waals surface area contributed by atoms with Gasteiger partial charge in [-0.25, -0.2) is 0 Å². The lowest BCUT2D eigenvalue weighted by molar-refractivity contribution is 0.0211. The van der Waals surface area contributed by atoms with Gasteiger partial charge in [-0.3, -0.25) is 0 Å². The van der Waals surface area contributed by atoms with Crippen molar-refractivity contribution in [2.24, 2.45) is 11.8 Å². The molecule has 0 heterocycles. The molecule has 0 amide bonds. The molecule has 0 aliphatic heterocycles. The molecule has 1 aromatic carbocycles. The molecule has 1 aliphatic rings. The first-order valence-electron chi connectivity index (χ1n) is 7.25. The van der Waals surface area contributed by atoms with Gasteiger partial charge in [0.25, 0.3) is 0 Å². The van der Waals surface area contributed by atoms with Gasteiger partial charge in [-0.05, 0) is 30.2 Å². The Bertz CT molecular complexity index is 360. The van der Waals surface area contributed by atoms with Crippen LogP contribution in [0.3, 0.4) is 0 Å². The molecule has 0 bridgehead atoms. The summed E-state index contributed by atoms with van der Waals surface area (Å²) in [5.74, 6) is 1.31. The zero-order valence-electron chi connectivity index (χ0n) is 11.9. The molecule has 1 N–H and O–H groups in total. The van der Waals surface area contributed by atoms with Crippen LogP contribution in [0.1, 0.15) is 52.0 Å². The summed E-state index contributed by atoms with van der Waals surface area (Å²) in [7, 11) is 0. The molecule has 1 fully saturated rings. The van der Waals surface area contributed by atoms with E-state index < -0.39 is 0 Å². The molecule has 2 rings (SSSR count). The molecule has 1 nitrogen and oxygen atoms in total. The lowest BCUT2D eigenvalue weighted by atomic mass is 9.69. The van der Waals surface area contributed by atoms with E-state index in [4.69, 9.17) is 0 Å². The number of hydrogen-bond acceptors (Lipinski definition) is 1. The highest BCUT2D eigenvalue weighted by atomic mass is 16.3. The standard InChI is InChI=1S/C17H26O/c1-13-9-11-14(12-10-13)16(18)17(2,3)15-7-5-4-6-8-15/h4-8,13-14,16,18H,9-12H2,1-3H3. The third kappa shape index (κ3) is 2.77. The van der Waals surface area contributed by atoms with Crippen molar-refractivity contribution in [2.45, 2.75) is 58.0 Å². The number of benzene rings is 1. The van der Waals surface area contributed by atoms with Gasteiger partial charge in [-0.15, -0.1) is 0 Å². The molecular weight excluding hydrogens is 220 g/mol. The minimum Gasteiger partial charge on any atom is -0.392 e. The Kier molecular flexibility index (Phi) is 4.11. The molecule has 1 heteroatoms. The topological polar surface area (TPSA) is 20.2 Å². The molecule has 0 radical (unpaired) electrons. The molecule has 1 atom stereocenters. The molecule has 1 saturated carbocycles. The Morgan fingerprint density at radius 3 is 2.17 bits per heavy atom. The van der Waals surface area contributed by atoms with Gasteiger partial charge in [0, 0.05) is 5.41 Å². The first kappa shape index (κ1) is 13.6. The summed E-state index contributed by atoms with van der Waals surface area (Å²) in [5.41, 5.74) is 1.10. The van der Waals surface area contributed by atoms with E-state index in [0.29, 0.717) is 5.92 Å². The molecule has 100 valence electrons. The molecule has 1 aromatic rings. The number of aliphatic hydroxyl groups excluding tert-OH is 1. The predicted octanol–water partition coefficient (Wildman–Crippen LogP) is 4.15. The maximum absolute atomic E-state index is 10.7. The molecule has 0 saturated heterocycles. The van der Waals surface area contributed by atoms with Crippen LogP contribution in [0, 0.1) is 11.8 Å². The maximum atomic E-state index is 10.7. The number of hydrogen-bond donors (Lipinski definition) is 1. The van der Waals surface area contributed by atoms with Crippen molar-refractivity contribution >= 4 is 0 Å². The number of aliphatic hydroxyl groups is 1. The second-order valence-corrected chi connectivity index (χ2v) is 6.55. The van der Waals surface area contributed by atoms with E-state index in [9.17, 15) is 5.11 Å².